The van der Waals surface area contributed by atoms with E-state index in [-0.39, 0.29) is 5.91 Å². The molecule has 0 atom stereocenters. The first-order valence-corrected chi connectivity index (χ1v) is 12.5. The molecule has 0 bridgehead atoms. The lowest BCUT2D eigenvalue weighted by Crippen LogP contribution is -2.15. The standard InChI is InChI=1S/C29H29NO3S/c1-4-9-20-14-16-22(17-15-20)25-19(3)34-28(26(25)29(32)33-18-5-2)30-27(31)24-13-8-11-21-10-6-7-12-23(21)24/h6-8,10-17H,4-5,9,18H2,1-3H3,(H,30,31). The Hall–Kier alpha value is -3.44. The Kier molecular flexibility index (Phi) is 7.43. The molecule has 3 aromatic carbocycles. The van der Waals surface area contributed by atoms with Crippen molar-refractivity contribution >= 4 is 39.0 Å². The molecule has 0 aliphatic carbocycles. The van der Waals surface area contributed by atoms with Crippen LogP contribution in [0.15, 0.2) is 66.7 Å². The second-order valence-electron chi connectivity index (χ2n) is 8.30. The van der Waals surface area contributed by atoms with E-state index in [1.54, 1.807) is 6.07 Å². The molecule has 0 unspecified atom stereocenters. The minimum Gasteiger partial charge on any atom is -0.462 e. The Morgan fingerprint density at radius 1 is 0.912 bits per heavy atom. The maximum atomic E-state index is 13.3. The number of rotatable bonds is 8. The Bertz CT molecular complexity index is 1320. The molecule has 174 valence electrons. The van der Waals surface area contributed by atoms with Crippen LogP contribution in [0.2, 0.25) is 0 Å². The quantitative estimate of drug-likeness (QED) is 0.269. The molecule has 0 aliphatic heterocycles. The SMILES string of the molecule is CCCOC(=O)c1c(NC(=O)c2cccc3ccccc23)sc(C)c1-c1ccc(CCC)cc1. The fraction of sp³-hybridized carbons (Fsp3) is 0.241. The van der Waals surface area contributed by atoms with Crippen LogP contribution in [-0.2, 0) is 11.2 Å². The van der Waals surface area contributed by atoms with E-state index in [4.69, 9.17) is 4.74 Å². The minimum absolute atomic E-state index is 0.243. The van der Waals surface area contributed by atoms with Gasteiger partial charge in [-0.3, -0.25) is 4.79 Å². The van der Waals surface area contributed by atoms with Crippen molar-refractivity contribution < 1.29 is 14.3 Å². The minimum atomic E-state index is -0.410. The van der Waals surface area contributed by atoms with Crippen molar-refractivity contribution in [3.8, 4) is 11.1 Å². The van der Waals surface area contributed by atoms with Crippen molar-refractivity contribution in [1.29, 1.82) is 0 Å². The summed E-state index contributed by atoms with van der Waals surface area (Å²) in [6.45, 7) is 6.43. The van der Waals surface area contributed by atoms with Crippen LogP contribution in [-0.4, -0.2) is 18.5 Å². The number of aryl methyl sites for hydroxylation is 2. The highest BCUT2D eigenvalue weighted by atomic mass is 32.1. The van der Waals surface area contributed by atoms with Crippen LogP contribution >= 0.6 is 11.3 Å². The van der Waals surface area contributed by atoms with Crippen LogP contribution in [0.1, 0.15) is 57.8 Å². The Labute approximate surface area is 204 Å². The monoisotopic (exact) mass is 471 g/mol. The normalized spacial score (nSPS) is 10.9. The maximum Gasteiger partial charge on any atom is 0.341 e. The summed E-state index contributed by atoms with van der Waals surface area (Å²) in [5.41, 5.74) is 4.03. The van der Waals surface area contributed by atoms with Gasteiger partial charge in [-0.15, -0.1) is 11.3 Å². The van der Waals surface area contributed by atoms with Crippen LogP contribution in [0, 0.1) is 6.92 Å². The van der Waals surface area contributed by atoms with Crippen molar-refractivity contribution in [2.75, 3.05) is 11.9 Å². The predicted molar refractivity (Wildman–Crippen MR) is 141 cm³/mol. The number of fused-ring (bicyclic) bond motifs is 1. The molecule has 0 fully saturated rings. The van der Waals surface area contributed by atoms with E-state index < -0.39 is 5.97 Å². The van der Waals surface area contributed by atoms with Crippen molar-refractivity contribution in [3.05, 3.63) is 88.3 Å². The van der Waals surface area contributed by atoms with Crippen LogP contribution in [0.25, 0.3) is 21.9 Å². The fourth-order valence-electron chi connectivity index (χ4n) is 4.16. The summed E-state index contributed by atoms with van der Waals surface area (Å²) in [6.07, 6.45) is 2.82. The summed E-state index contributed by atoms with van der Waals surface area (Å²) in [7, 11) is 0. The molecule has 0 spiro atoms. The number of hydrogen-bond acceptors (Lipinski definition) is 4. The largest absolute Gasteiger partial charge is 0.462 e. The predicted octanol–water partition coefficient (Wildman–Crippen LogP) is 7.65. The Morgan fingerprint density at radius 2 is 1.65 bits per heavy atom. The molecule has 4 nitrogen and oxygen atoms in total. The Morgan fingerprint density at radius 3 is 2.38 bits per heavy atom. The molecule has 1 heterocycles. The molecule has 34 heavy (non-hydrogen) atoms. The number of thiophene rings is 1. The lowest BCUT2D eigenvalue weighted by Gasteiger charge is -2.11. The van der Waals surface area contributed by atoms with Gasteiger partial charge in [0, 0.05) is 16.0 Å². The van der Waals surface area contributed by atoms with E-state index in [0.29, 0.717) is 22.7 Å². The third-order valence-corrected chi connectivity index (χ3v) is 6.79. The van der Waals surface area contributed by atoms with Crippen molar-refractivity contribution in [3.63, 3.8) is 0 Å². The van der Waals surface area contributed by atoms with E-state index in [1.165, 1.54) is 16.9 Å². The molecule has 0 radical (unpaired) electrons. The molecule has 4 aromatic rings. The zero-order chi connectivity index (χ0) is 24.1. The number of carbonyl (C=O) groups excluding carboxylic acids is 2. The second kappa shape index (κ2) is 10.7. The third kappa shape index (κ3) is 4.90. The molecule has 1 amide bonds. The van der Waals surface area contributed by atoms with Crippen LogP contribution in [0.3, 0.4) is 0 Å². The Balaban J connectivity index is 1.75. The molecule has 0 saturated heterocycles. The second-order valence-corrected chi connectivity index (χ2v) is 9.53. The number of benzene rings is 3. The number of amides is 1. The van der Waals surface area contributed by atoms with Crippen LogP contribution in [0.4, 0.5) is 5.00 Å². The van der Waals surface area contributed by atoms with Gasteiger partial charge in [-0.25, -0.2) is 4.79 Å². The molecule has 1 aromatic heterocycles. The van der Waals surface area contributed by atoms with Gasteiger partial charge in [0.15, 0.2) is 0 Å². The van der Waals surface area contributed by atoms with Crippen molar-refractivity contribution in [2.24, 2.45) is 0 Å². The van der Waals surface area contributed by atoms with Gasteiger partial charge in [0.1, 0.15) is 10.6 Å². The number of hydrogen-bond donors (Lipinski definition) is 1. The summed E-state index contributed by atoms with van der Waals surface area (Å²) in [5, 5.41) is 5.40. The zero-order valence-electron chi connectivity index (χ0n) is 19.8. The van der Waals surface area contributed by atoms with Crippen LogP contribution < -0.4 is 5.32 Å². The average Bonchev–Trinajstić information content (AvgIpc) is 3.18. The summed E-state index contributed by atoms with van der Waals surface area (Å²) in [4.78, 5) is 27.5. The van der Waals surface area contributed by atoms with Crippen molar-refractivity contribution in [2.45, 2.75) is 40.0 Å². The fourth-order valence-corrected chi connectivity index (χ4v) is 5.22. The first kappa shape index (κ1) is 23.7. The molecular formula is C29H29NO3S. The number of esters is 1. The maximum absolute atomic E-state index is 13.3. The summed E-state index contributed by atoms with van der Waals surface area (Å²) < 4.78 is 5.53. The van der Waals surface area contributed by atoms with Gasteiger partial charge in [-0.2, -0.15) is 0 Å². The van der Waals surface area contributed by atoms with Crippen molar-refractivity contribution in [1.82, 2.24) is 0 Å². The van der Waals surface area contributed by atoms with Gasteiger partial charge in [0.25, 0.3) is 5.91 Å². The summed E-state index contributed by atoms with van der Waals surface area (Å²) >= 11 is 1.41. The van der Waals surface area contributed by atoms with Gasteiger partial charge >= 0.3 is 5.97 Å². The van der Waals surface area contributed by atoms with Gasteiger partial charge < -0.3 is 10.1 Å². The highest BCUT2D eigenvalue weighted by Gasteiger charge is 2.26. The lowest BCUT2D eigenvalue weighted by molar-refractivity contribution is 0.0507. The molecular weight excluding hydrogens is 442 g/mol. The van der Waals surface area contributed by atoms with E-state index in [0.717, 1.165) is 46.0 Å². The van der Waals surface area contributed by atoms with E-state index >= 15 is 0 Å². The van der Waals surface area contributed by atoms with E-state index in [1.807, 2.05) is 62.4 Å². The van der Waals surface area contributed by atoms with Gasteiger partial charge in [-0.05, 0) is 47.7 Å². The van der Waals surface area contributed by atoms with Gasteiger partial charge in [0.2, 0.25) is 0 Å². The lowest BCUT2D eigenvalue weighted by atomic mass is 9.99. The van der Waals surface area contributed by atoms with E-state index in [2.05, 4.69) is 24.4 Å². The first-order valence-electron chi connectivity index (χ1n) is 11.7. The summed E-state index contributed by atoms with van der Waals surface area (Å²) in [6, 6.07) is 21.7. The molecule has 0 saturated carbocycles. The highest BCUT2D eigenvalue weighted by molar-refractivity contribution is 7.17. The molecule has 5 heteroatoms. The zero-order valence-corrected chi connectivity index (χ0v) is 20.6. The van der Waals surface area contributed by atoms with Crippen LogP contribution in [0.5, 0.6) is 0 Å². The number of nitrogens with one attached hydrogen (secondary N) is 1. The van der Waals surface area contributed by atoms with Gasteiger partial charge in [-0.1, -0.05) is 80.9 Å². The molecule has 4 rings (SSSR count). The smallest absolute Gasteiger partial charge is 0.341 e. The highest BCUT2D eigenvalue weighted by Crippen LogP contribution is 2.41. The summed E-state index contributed by atoms with van der Waals surface area (Å²) in [5.74, 6) is -0.653. The topological polar surface area (TPSA) is 55.4 Å². The number of anilines is 1. The average molecular weight is 472 g/mol. The number of ether oxygens (including phenoxy) is 1. The van der Waals surface area contributed by atoms with Gasteiger partial charge in [0.05, 0.1) is 6.61 Å². The van der Waals surface area contributed by atoms with E-state index in [9.17, 15) is 9.59 Å². The number of carbonyl (C=O) groups is 2. The first-order chi connectivity index (χ1) is 16.5. The molecule has 0 aliphatic rings. The molecule has 1 N–H and O–H groups in total. The third-order valence-electron chi connectivity index (χ3n) is 5.77.